The van der Waals surface area contributed by atoms with Crippen LogP contribution in [0.1, 0.15) is 55.1 Å². The molecule has 0 fully saturated rings. The molecule has 0 aliphatic heterocycles. The second kappa shape index (κ2) is 7.73. The van der Waals surface area contributed by atoms with Crippen molar-refractivity contribution in [3.8, 4) is 5.75 Å². The van der Waals surface area contributed by atoms with E-state index in [9.17, 15) is 29.7 Å². The van der Waals surface area contributed by atoms with Crippen molar-refractivity contribution >= 4 is 40.1 Å². The number of halogens is 1. The molecule has 10 heteroatoms. The van der Waals surface area contributed by atoms with E-state index < -0.39 is 51.7 Å². The first-order valence-corrected chi connectivity index (χ1v) is 11.6. The predicted octanol–water partition coefficient (Wildman–Crippen LogP) is 2.96. The molecule has 0 spiro atoms. The molecule has 4 rings (SSSR count). The van der Waals surface area contributed by atoms with Gasteiger partial charge in [-0.15, -0.1) is 0 Å². The Morgan fingerprint density at radius 3 is 2.55 bits per heavy atom. The molecule has 0 saturated heterocycles. The van der Waals surface area contributed by atoms with Crippen LogP contribution in [0.25, 0.3) is 0 Å². The fraction of sp³-hybridized carbons (Fsp3) is 0.435. The van der Waals surface area contributed by atoms with Crippen molar-refractivity contribution < 1.29 is 29.7 Å². The zero-order valence-corrected chi connectivity index (χ0v) is 20.5. The van der Waals surface area contributed by atoms with E-state index in [0.717, 1.165) is 3.57 Å². The summed E-state index contributed by atoms with van der Waals surface area (Å²) in [5.41, 5.74) is -2.06. The average molecular weight is 565 g/mol. The van der Waals surface area contributed by atoms with Crippen LogP contribution in [0.5, 0.6) is 5.75 Å². The number of rotatable bonds is 1. The number of aliphatic hydroxyl groups excluding tert-OH is 1. The molecule has 0 saturated carbocycles. The van der Waals surface area contributed by atoms with Crippen LogP contribution in [0.3, 0.4) is 0 Å². The van der Waals surface area contributed by atoms with E-state index >= 15 is 0 Å². The number of aliphatic hydroxyl groups is 2. The first kappa shape index (κ1) is 23.6. The fourth-order valence-corrected chi connectivity index (χ4v) is 5.99. The number of carbonyl (C=O) groups excluding carboxylic acids is 3. The number of phenolic OH excluding ortho intramolecular Hbond substituents is 1. The van der Waals surface area contributed by atoms with Crippen molar-refractivity contribution in [1.82, 2.24) is 0 Å². The number of ketones is 2. The van der Waals surface area contributed by atoms with Gasteiger partial charge in [0.2, 0.25) is 5.78 Å². The number of Topliss-reactive ketones (excluding diaryl/α,β-unsaturated/α-hetero) is 2. The van der Waals surface area contributed by atoms with Gasteiger partial charge in [-0.1, -0.05) is 37.2 Å². The summed E-state index contributed by atoms with van der Waals surface area (Å²) in [7, 11) is 0. The summed E-state index contributed by atoms with van der Waals surface area (Å²) in [6.07, 6.45) is 2.11. The van der Waals surface area contributed by atoms with Crippen molar-refractivity contribution in [3.63, 3.8) is 0 Å². The fourth-order valence-electron chi connectivity index (χ4n) is 5.19. The minimum atomic E-state index is -2.44. The summed E-state index contributed by atoms with van der Waals surface area (Å²) in [5.74, 6) is 0.124. The van der Waals surface area contributed by atoms with Crippen molar-refractivity contribution in [1.29, 1.82) is 0 Å². The number of fused-ring (bicyclic) bond motifs is 3. The first-order valence-electron chi connectivity index (χ1n) is 10.5. The lowest BCUT2D eigenvalue weighted by Gasteiger charge is -2.45. The minimum Gasteiger partial charge on any atom is -0.508 e. The first-order chi connectivity index (χ1) is 15.3. The van der Waals surface area contributed by atoms with Gasteiger partial charge in [-0.05, 0) is 64.8 Å². The molecule has 174 valence electrons. The van der Waals surface area contributed by atoms with E-state index in [0.29, 0.717) is 17.5 Å². The van der Waals surface area contributed by atoms with Crippen molar-refractivity contribution in [2.75, 3.05) is 0 Å². The Bertz CT molecular complexity index is 1210. The molecule has 3 aliphatic rings. The third kappa shape index (κ3) is 3.33. The molecule has 33 heavy (non-hydrogen) atoms. The number of benzene rings is 1. The zero-order valence-electron chi connectivity index (χ0n) is 18.3. The smallest absolute Gasteiger partial charge is 0.300 e. The number of nitrogens with two attached hydrogens (primary N) is 1. The predicted molar refractivity (Wildman–Crippen MR) is 126 cm³/mol. The highest BCUT2D eigenvalue weighted by molar-refractivity contribution is 14.1. The van der Waals surface area contributed by atoms with Gasteiger partial charge < -0.3 is 21.2 Å². The molecule has 0 heterocycles. The van der Waals surface area contributed by atoms with Crippen LogP contribution in [-0.2, 0) is 21.4 Å². The lowest BCUT2D eigenvalue weighted by atomic mass is 9.60. The molecule has 1 aromatic rings. The van der Waals surface area contributed by atoms with E-state index in [1.165, 1.54) is 6.08 Å². The summed E-state index contributed by atoms with van der Waals surface area (Å²) >= 11 is 2.14. The van der Waals surface area contributed by atoms with Gasteiger partial charge in [0.25, 0.3) is 5.91 Å². The topological polar surface area (TPSA) is 163 Å². The second-order valence-electron chi connectivity index (χ2n) is 9.75. The van der Waals surface area contributed by atoms with Gasteiger partial charge in [0, 0.05) is 20.6 Å². The molecule has 1 amide bonds. The number of carbonyl (C=O) groups is 3. The lowest BCUT2D eigenvalue weighted by molar-refractivity contribution is -0.143. The quantitative estimate of drug-likeness (QED) is 0.134. The summed E-state index contributed by atoms with van der Waals surface area (Å²) < 4.78 is 0.831. The van der Waals surface area contributed by atoms with Crippen LogP contribution in [-0.4, -0.2) is 38.4 Å². The Morgan fingerprint density at radius 2 is 1.94 bits per heavy atom. The van der Waals surface area contributed by atoms with Crippen LogP contribution in [0.4, 0.5) is 0 Å². The Morgan fingerprint density at radius 1 is 1.27 bits per heavy atom. The van der Waals surface area contributed by atoms with Gasteiger partial charge in [0.15, 0.2) is 11.4 Å². The van der Waals surface area contributed by atoms with Crippen LogP contribution >= 0.6 is 22.6 Å². The van der Waals surface area contributed by atoms with Gasteiger partial charge >= 0.3 is 0 Å². The summed E-state index contributed by atoms with van der Waals surface area (Å²) in [4.78, 5) is 38.8. The number of phenols is 1. The Labute approximate surface area is 203 Å². The summed E-state index contributed by atoms with van der Waals surface area (Å²) in [6.45, 7) is 5.74. The molecule has 1 aromatic carbocycles. The number of hydrogen-bond acceptors (Lipinski definition) is 7. The van der Waals surface area contributed by atoms with Crippen LogP contribution in [0, 0.1) is 15.4 Å². The maximum Gasteiger partial charge on any atom is 0.300 e. The normalized spacial score (nSPS) is 27.2. The van der Waals surface area contributed by atoms with E-state index in [1.54, 1.807) is 0 Å². The molecule has 0 bridgehead atoms. The SMILES string of the molecule is CC(C)(C)c1cc(I)c2c(c1O)C(=O)C1=C(O)[C@]3(O)C(=O)C(C(=O)N=NN)=CC[C@@H]3C[C@@H]1C2. The molecule has 0 unspecified atom stereocenters. The molecular formula is C23H24IN3O6. The standard InChI is InChI=1S/C23H24IN3O6/c1-22(2,3)13-8-14(24)12-7-9-6-10-4-5-11(21(32)26-27-25)19(30)23(10,33)20(31)15(9)18(29)16(12)17(13)28/h5,8-10,28,31,33H,4,6-7H2,1-3H3,(H2,25,26,32)/t9-,10-,23-/m1/s1. The molecular weight excluding hydrogens is 541 g/mol. The zero-order chi connectivity index (χ0) is 24.5. The Hall–Kier alpha value is -2.60. The molecule has 0 radical (unpaired) electrons. The van der Waals surface area contributed by atoms with Gasteiger partial charge in [-0.3, -0.25) is 14.4 Å². The van der Waals surface area contributed by atoms with E-state index in [1.807, 2.05) is 26.8 Å². The summed E-state index contributed by atoms with van der Waals surface area (Å²) in [5, 5.41) is 39.5. The highest BCUT2D eigenvalue weighted by Crippen LogP contribution is 2.52. The van der Waals surface area contributed by atoms with E-state index in [2.05, 4.69) is 32.9 Å². The van der Waals surface area contributed by atoms with Crippen LogP contribution in [0.2, 0.25) is 0 Å². The van der Waals surface area contributed by atoms with Crippen LogP contribution in [0.15, 0.2) is 39.4 Å². The van der Waals surface area contributed by atoms with Crippen molar-refractivity contribution in [2.24, 2.45) is 28.0 Å². The second-order valence-corrected chi connectivity index (χ2v) is 10.9. The highest BCUT2D eigenvalue weighted by Gasteiger charge is 2.58. The average Bonchev–Trinajstić information content (AvgIpc) is 2.72. The third-order valence-electron chi connectivity index (χ3n) is 6.84. The maximum absolute atomic E-state index is 13.6. The van der Waals surface area contributed by atoms with Crippen LogP contribution < -0.4 is 5.84 Å². The summed E-state index contributed by atoms with van der Waals surface area (Å²) in [6, 6.07) is 1.87. The van der Waals surface area contributed by atoms with Gasteiger partial charge in [0.1, 0.15) is 11.5 Å². The Balaban J connectivity index is 1.89. The van der Waals surface area contributed by atoms with Gasteiger partial charge in [-0.25, -0.2) is 0 Å². The van der Waals surface area contributed by atoms with Crippen molar-refractivity contribution in [3.05, 3.63) is 49.3 Å². The largest absolute Gasteiger partial charge is 0.508 e. The molecule has 3 atom stereocenters. The molecule has 5 N–H and O–H groups in total. The number of hydrogen-bond donors (Lipinski definition) is 4. The minimum absolute atomic E-state index is 0.0821. The number of amides is 1. The molecule has 3 aliphatic carbocycles. The Kier molecular flexibility index (Phi) is 5.51. The third-order valence-corrected chi connectivity index (χ3v) is 7.81. The van der Waals surface area contributed by atoms with Crippen molar-refractivity contribution in [2.45, 2.75) is 51.0 Å². The molecule has 0 aromatic heterocycles. The lowest BCUT2D eigenvalue weighted by Crippen LogP contribution is -2.55. The monoisotopic (exact) mass is 565 g/mol. The van der Waals surface area contributed by atoms with E-state index in [4.69, 9.17) is 5.84 Å². The van der Waals surface area contributed by atoms with Gasteiger partial charge in [-0.2, -0.15) is 0 Å². The number of aromatic hydroxyl groups is 1. The highest BCUT2D eigenvalue weighted by atomic mass is 127. The number of allylic oxidation sites excluding steroid dienone is 2. The number of nitrogens with zero attached hydrogens (tertiary/aromatic N) is 2. The van der Waals surface area contributed by atoms with Gasteiger partial charge in [0.05, 0.1) is 11.1 Å². The van der Waals surface area contributed by atoms with E-state index in [-0.39, 0.29) is 29.7 Å². The maximum atomic E-state index is 13.6. The molecule has 9 nitrogen and oxygen atoms in total.